The molecule has 0 saturated heterocycles. The van der Waals surface area contributed by atoms with Crippen molar-refractivity contribution in [3.05, 3.63) is 0 Å². The first-order valence-electron chi connectivity index (χ1n) is 4.32. The number of carbonyl (C=O) groups excluding carboxylic acids is 1. The first-order chi connectivity index (χ1) is 5.68. The van der Waals surface area contributed by atoms with Crippen LogP contribution < -0.4 is 0 Å². The van der Waals surface area contributed by atoms with Crippen molar-refractivity contribution in [2.75, 3.05) is 0 Å². The molecule has 2 nitrogen and oxygen atoms in total. The Morgan fingerprint density at radius 1 is 1.42 bits per heavy atom. The molecule has 1 aliphatic carbocycles. The third-order valence-electron chi connectivity index (χ3n) is 2.10. The van der Waals surface area contributed by atoms with E-state index >= 15 is 0 Å². The predicted octanol–water partition coefficient (Wildman–Crippen LogP) is 1.89. The molecule has 0 aromatic carbocycles. The maximum atomic E-state index is 10.8. The van der Waals surface area contributed by atoms with Crippen LogP contribution in [0.5, 0.6) is 0 Å². The van der Waals surface area contributed by atoms with Crippen molar-refractivity contribution in [1.82, 2.24) is 0 Å². The van der Waals surface area contributed by atoms with E-state index in [0.717, 1.165) is 25.7 Å². The molecule has 2 heteroatoms. The average molecular weight is 166 g/mol. The van der Waals surface area contributed by atoms with Gasteiger partial charge in [-0.2, -0.15) is 0 Å². The lowest BCUT2D eigenvalue weighted by atomic mass is 10.0. The predicted molar refractivity (Wildman–Crippen MR) is 46.4 cm³/mol. The lowest BCUT2D eigenvalue weighted by molar-refractivity contribution is -0.151. The van der Waals surface area contributed by atoms with Gasteiger partial charge >= 0.3 is 5.97 Å². The molecule has 12 heavy (non-hydrogen) atoms. The zero-order chi connectivity index (χ0) is 9.03. The summed E-state index contributed by atoms with van der Waals surface area (Å²) in [5, 5.41) is 0. The van der Waals surface area contributed by atoms with Crippen molar-refractivity contribution in [2.24, 2.45) is 0 Å². The number of rotatable bonds is 1. The Hall–Kier alpha value is -0.970. The Balaban J connectivity index is 2.69. The molecule has 0 spiro atoms. The lowest BCUT2D eigenvalue weighted by Crippen LogP contribution is -2.29. The lowest BCUT2D eigenvalue weighted by Gasteiger charge is -2.21. The van der Waals surface area contributed by atoms with Crippen LogP contribution in [-0.4, -0.2) is 11.6 Å². The number of hydrogen-bond donors (Lipinski definition) is 0. The minimum atomic E-state index is -0.444. The minimum Gasteiger partial charge on any atom is -0.446 e. The molecule has 1 fully saturated rings. The van der Waals surface area contributed by atoms with Gasteiger partial charge in [-0.25, -0.2) is 0 Å². The van der Waals surface area contributed by atoms with E-state index < -0.39 is 5.60 Å². The monoisotopic (exact) mass is 166 g/mol. The summed E-state index contributed by atoms with van der Waals surface area (Å²) < 4.78 is 5.23. The second kappa shape index (κ2) is 3.62. The molecular weight excluding hydrogens is 152 g/mol. The van der Waals surface area contributed by atoms with Crippen LogP contribution >= 0.6 is 0 Å². The van der Waals surface area contributed by atoms with Crippen molar-refractivity contribution in [3.63, 3.8) is 0 Å². The van der Waals surface area contributed by atoms with Gasteiger partial charge in [-0.1, -0.05) is 5.92 Å². The van der Waals surface area contributed by atoms with Gasteiger partial charge in [0.1, 0.15) is 0 Å². The molecule has 1 rings (SSSR count). The van der Waals surface area contributed by atoms with Gasteiger partial charge in [0, 0.05) is 6.92 Å². The van der Waals surface area contributed by atoms with Crippen LogP contribution in [0.2, 0.25) is 0 Å². The number of carbonyl (C=O) groups is 1. The van der Waals surface area contributed by atoms with Gasteiger partial charge in [0.05, 0.1) is 0 Å². The highest BCUT2D eigenvalue weighted by Crippen LogP contribution is 2.32. The van der Waals surface area contributed by atoms with E-state index in [9.17, 15) is 4.79 Å². The van der Waals surface area contributed by atoms with Crippen LogP contribution in [-0.2, 0) is 9.53 Å². The molecule has 1 aliphatic rings. The van der Waals surface area contributed by atoms with E-state index in [1.165, 1.54) is 6.92 Å². The highest BCUT2D eigenvalue weighted by molar-refractivity contribution is 5.67. The number of ether oxygens (including phenoxy) is 1. The van der Waals surface area contributed by atoms with E-state index in [0.29, 0.717) is 0 Å². The van der Waals surface area contributed by atoms with Crippen LogP contribution in [0.3, 0.4) is 0 Å². The largest absolute Gasteiger partial charge is 0.446 e. The average Bonchev–Trinajstić information content (AvgIpc) is 2.36. The Labute approximate surface area is 73.3 Å². The SMILES string of the molecule is CC#CC1(OC(C)=O)CCCC1. The van der Waals surface area contributed by atoms with E-state index in [1.807, 2.05) is 0 Å². The van der Waals surface area contributed by atoms with Crippen molar-refractivity contribution >= 4 is 5.97 Å². The molecule has 0 amide bonds. The zero-order valence-electron chi connectivity index (χ0n) is 7.64. The standard InChI is InChI=1S/C10H14O2/c1-3-6-10(12-9(2)11)7-4-5-8-10/h4-5,7-8H2,1-2H3. The molecule has 0 heterocycles. The van der Waals surface area contributed by atoms with Gasteiger partial charge in [-0.05, 0) is 32.6 Å². The Bertz CT molecular complexity index is 226. The fraction of sp³-hybridized carbons (Fsp3) is 0.700. The summed E-state index contributed by atoms with van der Waals surface area (Å²) >= 11 is 0. The van der Waals surface area contributed by atoms with E-state index in [1.54, 1.807) is 6.92 Å². The molecule has 0 aromatic heterocycles. The minimum absolute atomic E-state index is 0.223. The molecular formula is C10H14O2. The van der Waals surface area contributed by atoms with E-state index in [2.05, 4.69) is 11.8 Å². The first-order valence-corrected chi connectivity index (χ1v) is 4.32. The first kappa shape index (κ1) is 9.12. The topological polar surface area (TPSA) is 26.3 Å². The molecule has 1 saturated carbocycles. The van der Waals surface area contributed by atoms with E-state index in [-0.39, 0.29) is 5.97 Å². The maximum absolute atomic E-state index is 10.8. The molecule has 0 bridgehead atoms. The Kier molecular flexibility index (Phi) is 2.75. The highest BCUT2D eigenvalue weighted by atomic mass is 16.6. The molecule has 0 atom stereocenters. The second-order valence-corrected chi connectivity index (χ2v) is 3.17. The van der Waals surface area contributed by atoms with Crippen molar-refractivity contribution in [3.8, 4) is 11.8 Å². The van der Waals surface area contributed by atoms with Gasteiger partial charge in [0.2, 0.25) is 0 Å². The zero-order valence-corrected chi connectivity index (χ0v) is 7.64. The van der Waals surface area contributed by atoms with E-state index in [4.69, 9.17) is 4.74 Å². The highest BCUT2D eigenvalue weighted by Gasteiger charge is 2.34. The molecule has 0 unspecified atom stereocenters. The van der Waals surface area contributed by atoms with Gasteiger partial charge < -0.3 is 4.74 Å². The molecule has 0 N–H and O–H groups in total. The number of hydrogen-bond acceptors (Lipinski definition) is 2. The summed E-state index contributed by atoms with van der Waals surface area (Å²) in [6, 6.07) is 0. The summed E-state index contributed by atoms with van der Waals surface area (Å²) in [4.78, 5) is 10.8. The smallest absolute Gasteiger partial charge is 0.304 e. The quantitative estimate of drug-likeness (QED) is 0.439. The van der Waals surface area contributed by atoms with Crippen molar-refractivity contribution < 1.29 is 9.53 Å². The summed E-state index contributed by atoms with van der Waals surface area (Å²) in [5.74, 6) is 5.60. The van der Waals surface area contributed by atoms with Gasteiger partial charge in [-0.15, -0.1) is 5.92 Å². The van der Waals surface area contributed by atoms with Crippen LogP contribution in [0.4, 0.5) is 0 Å². The van der Waals surface area contributed by atoms with Crippen LogP contribution in [0.15, 0.2) is 0 Å². The third-order valence-corrected chi connectivity index (χ3v) is 2.10. The molecule has 0 radical (unpaired) electrons. The molecule has 0 aromatic rings. The summed E-state index contributed by atoms with van der Waals surface area (Å²) in [6.07, 6.45) is 4.02. The Morgan fingerprint density at radius 2 is 2.00 bits per heavy atom. The molecule has 66 valence electrons. The summed E-state index contributed by atoms with van der Waals surface area (Å²) in [5.41, 5.74) is -0.444. The maximum Gasteiger partial charge on any atom is 0.304 e. The molecule has 0 aliphatic heterocycles. The third kappa shape index (κ3) is 2.01. The van der Waals surface area contributed by atoms with Crippen LogP contribution in [0.25, 0.3) is 0 Å². The van der Waals surface area contributed by atoms with Crippen molar-refractivity contribution in [2.45, 2.75) is 45.1 Å². The fourth-order valence-electron chi connectivity index (χ4n) is 1.70. The summed E-state index contributed by atoms with van der Waals surface area (Å²) in [6.45, 7) is 3.22. The number of esters is 1. The van der Waals surface area contributed by atoms with Crippen LogP contribution in [0.1, 0.15) is 39.5 Å². The van der Waals surface area contributed by atoms with Crippen LogP contribution in [0, 0.1) is 11.8 Å². The van der Waals surface area contributed by atoms with Gasteiger partial charge in [0.15, 0.2) is 5.60 Å². The normalized spacial score (nSPS) is 19.5. The van der Waals surface area contributed by atoms with Gasteiger partial charge in [0.25, 0.3) is 0 Å². The second-order valence-electron chi connectivity index (χ2n) is 3.17. The summed E-state index contributed by atoms with van der Waals surface area (Å²) in [7, 11) is 0. The van der Waals surface area contributed by atoms with Gasteiger partial charge in [-0.3, -0.25) is 4.79 Å². The fourth-order valence-corrected chi connectivity index (χ4v) is 1.70. The Morgan fingerprint density at radius 3 is 2.42 bits per heavy atom. The van der Waals surface area contributed by atoms with Crippen molar-refractivity contribution in [1.29, 1.82) is 0 Å².